The van der Waals surface area contributed by atoms with E-state index in [0.717, 1.165) is 16.8 Å². The van der Waals surface area contributed by atoms with E-state index in [9.17, 15) is 9.90 Å². The van der Waals surface area contributed by atoms with Crippen LogP contribution in [0.15, 0.2) is 84.9 Å². The van der Waals surface area contributed by atoms with Crippen LogP contribution in [0, 0.1) is 0 Å². The van der Waals surface area contributed by atoms with E-state index in [1.165, 1.54) is 0 Å². The molecular formula is C24H15NO2. The van der Waals surface area contributed by atoms with Crippen LogP contribution in [-0.2, 0) is 0 Å². The molecule has 0 fully saturated rings. The van der Waals surface area contributed by atoms with Gasteiger partial charge in [-0.3, -0.25) is 4.79 Å². The lowest BCUT2D eigenvalue weighted by Gasteiger charge is -2.12. The van der Waals surface area contributed by atoms with Crippen molar-refractivity contribution >= 4 is 5.78 Å². The number of benzene rings is 3. The summed E-state index contributed by atoms with van der Waals surface area (Å²) < 4.78 is 0. The molecule has 0 aliphatic heterocycles. The minimum Gasteiger partial charge on any atom is -0.507 e. The number of phenolic OH excluding ortho intramolecular Hbond substituents is 1. The number of phenols is 1. The molecule has 5 rings (SSSR count). The molecule has 0 saturated carbocycles. The fourth-order valence-corrected chi connectivity index (χ4v) is 3.66. The zero-order valence-corrected chi connectivity index (χ0v) is 14.4. The summed E-state index contributed by atoms with van der Waals surface area (Å²) in [6, 6.07) is 26.4. The Morgan fingerprint density at radius 2 is 1.30 bits per heavy atom. The Kier molecular flexibility index (Phi) is 3.41. The standard InChI is InChI=1S/C24H15NO2/c26-21-13-7-6-10-16(21)19-14-20(15-8-2-1-3-9-15)25-23-17-11-4-5-12-18(17)24(27)22(19)23/h1-14,26H. The number of nitrogens with zero attached hydrogens (tertiary/aromatic N) is 1. The molecule has 3 aromatic carbocycles. The maximum atomic E-state index is 13.1. The van der Waals surface area contributed by atoms with Gasteiger partial charge in [-0.05, 0) is 12.1 Å². The highest BCUT2D eigenvalue weighted by atomic mass is 16.3. The van der Waals surface area contributed by atoms with Gasteiger partial charge in [-0.1, -0.05) is 72.8 Å². The van der Waals surface area contributed by atoms with Gasteiger partial charge in [0, 0.05) is 27.8 Å². The van der Waals surface area contributed by atoms with Crippen LogP contribution in [0.2, 0.25) is 0 Å². The van der Waals surface area contributed by atoms with E-state index < -0.39 is 0 Å². The fourth-order valence-electron chi connectivity index (χ4n) is 3.66. The van der Waals surface area contributed by atoms with Crippen molar-refractivity contribution in [2.75, 3.05) is 0 Å². The van der Waals surface area contributed by atoms with E-state index in [0.29, 0.717) is 27.9 Å². The lowest BCUT2D eigenvalue weighted by molar-refractivity contribution is 0.104. The molecule has 4 aromatic rings. The Morgan fingerprint density at radius 1 is 0.667 bits per heavy atom. The van der Waals surface area contributed by atoms with Crippen LogP contribution >= 0.6 is 0 Å². The lowest BCUT2D eigenvalue weighted by Crippen LogP contribution is -2.00. The minimum atomic E-state index is -0.0500. The van der Waals surface area contributed by atoms with E-state index in [2.05, 4.69) is 0 Å². The maximum absolute atomic E-state index is 13.1. The van der Waals surface area contributed by atoms with Gasteiger partial charge in [0.2, 0.25) is 0 Å². The number of para-hydroxylation sites is 1. The predicted octanol–water partition coefficient (Wildman–Crippen LogP) is 5.33. The molecule has 1 aromatic heterocycles. The zero-order chi connectivity index (χ0) is 18.4. The van der Waals surface area contributed by atoms with Crippen molar-refractivity contribution in [1.82, 2.24) is 4.98 Å². The number of hydrogen-bond donors (Lipinski definition) is 1. The van der Waals surface area contributed by atoms with E-state index >= 15 is 0 Å². The number of carbonyl (C=O) groups excluding carboxylic acids is 1. The van der Waals surface area contributed by atoms with Gasteiger partial charge in [0.05, 0.1) is 17.0 Å². The Hall–Kier alpha value is -3.72. The summed E-state index contributed by atoms with van der Waals surface area (Å²) in [5, 5.41) is 10.4. The summed E-state index contributed by atoms with van der Waals surface area (Å²) in [6.45, 7) is 0. The van der Waals surface area contributed by atoms with Crippen LogP contribution < -0.4 is 0 Å². The van der Waals surface area contributed by atoms with Gasteiger partial charge in [0.15, 0.2) is 5.78 Å². The van der Waals surface area contributed by atoms with Crippen LogP contribution in [0.1, 0.15) is 15.9 Å². The molecule has 0 atom stereocenters. The molecule has 1 aliphatic rings. The summed E-state index contributed by atoms with van der Waals surface area (Å²) in [5.74, 6) is 0.0969. The number of pyridine rings is 1. The molecule has 1 aliphatic carbocycles. The first kappa shape index (κ1) is 15.5. The van der Waals surface area contributed by atoms with Crippen LogP contribution in [0.3, 0.4) is 0 Å². The number of rotatable bonds is 2. The summed E-state index contributed by atoms with van der Waals surface area (Å²) >= 11 is 0. The largest absolute Gasteiger partial charge is 0.507 e. The molecule has 0 amide bonds. The van der Waals surface area contributed by atoms with Gasteiger partial charge >= 0.3 is 0 Å². The highest BCUT2D eigenvalue weighted by Crippen LogP contribution is 2.43. The monoisotopic (exact) mass is 349 g/mol. The summed E-state index contributed by atoms with van der Waals surface area (Å²) in [6.07, 6.45) is 0. The second-order valence-corrected chi connectivity index (χ2v) is 6.54. The average Bonchev–Trinajstić information content (AvgIpc) is 3.01. The first-order chi connectivity index (χ1) is 13.2. The molecule has 0 unspecified atom stereocenters. The number of hydrogen-bond acceptors (Lipinski definition) is 3. The van der Waals surface area contributed by atoms with Crippen molar-refractivity contribution in [1.29, 1.82) is 0 Å². The third-order valence-corrected chi connectivity index (χ3v) is 4.94. The Morgan fingerprint density at radius 3 is 2.04 bits per heavy atom. The third kappa shape index (κ3) is 2.36. The van der Waals surface area contributed by atoms with Gasteiger partial charge in [-0.15, -0.1) is 0 Å². The van der Waals surface area contributed by atoms with Crippen molar-refractivity contribution in [3.63, 3.8) is 0 Å². The average molecular weight is 349 g/mol. The lowest BCUT2D eigenvalue weighted by atomic mass is 9.95. The maximum Gasteiger partial charge on any atom is 0.196 e. The van der Waals surface area contributed by atoms with Crippen molar-refractivity contribution in [2.24, 2.45) is 0 Å². The van der Waals surface area contributed by atoms with Gasteiger partial charge in [0.25, 0.3) is 0 Å². The van der Waals surface area contributed by atoms with Crippen molar-refractivity contribution in [3.05, 3.63) is 96.1 Å². The Bertz CT molecular complexity index is 1200. The molecule has 0 saturated heterocycles. The van der Waals surface area contributed by atoms with Crippen molar-refractivity contribution in [2.45, 2.75) is 0 Å². The molecule has 27 heavy (non-hydrogen) atoms. The highest BCUT2D eigenvalue weighted by molar-refractivity contribution is 6.24. The van der Waals surface area contributed by atoms with Gasteiger partial charge < -0.3 is 5.11 Å². The SMILES string of the molecule is O=C1c2ccccc2-c2nc(-c3ccccc3)cc(-c3ccccc3O)c21. The van der Waals surface area contributed by atoms with Gasteiger partial charge in [-0.25, -0.2) is 4.98 Å². The summed E-state index contributed by atoms with van der Waals surface area (Å²) in [4.78, 5) is 17.9. The number of aromatic hydroxyl groups is 1. The number of ketones is 1. The van der Waals surface area contributed by atoms with E-state index in [-0.39, 0.29) is 11.5 Å². The fraction of sp³-hybridized carbons (Fsp3) is 0. The van der Waals surface area contributed by atoms with Crippen molar-refractivity contribution < 1.29 is 9.90 Å². The topological polar surface area (TPSA) is 50.2 Å². The molecule has 1 N–H and O–H groups in total. The molecule has 3 heteroatoms. The molecule has 0 radical (unpaired) electrons. The third-order valence-electron chi connectivity index (χ3n) is 4.94. The molecule has 0 spiro atoms. The first-order valence-electron chi connectivity index (χ1n) is 8.77. The van der Waals surface area contributed by atoms with E-state index in [1.54, 1.807) is 12.1 Å². The molecular weight excluding hydrogens is 334 g/mol. The molecule has 128 valence electrons. The van der Waals surface area contributed by atoms with Crippen LogP contribution in [0.5, 0.6) is 5.75 Å². The van der Waals surface area contributed by atoms with Gasteiger partial charge in [-0.2, -0.15) is 0 Å². The normalized spacial score (nSPS) is 11.9. The van der Waals surface area contributed by atoms with Crippen LogP contribution in [0.25, 0.3) is 33.6 Å². The first-order valence-corrected chi connectivity index (χ1v) is 8.77. The van der Waals surface area contributed by atoms with Crippen LogP contribution in [0.4, 0.5) is 0 Å². The number of aromatic nitrogens is 1. The van der Waals surface area contributed by atoms with E-state index in [1.807, 2.05) is 72.8 Å². The number of fused-ring (bicyclic) bond motifs is 3. The number of carbonyl (C=O) groups is 1. The zero-order valence-electron chi connectivity index (χ0n) is 14.4. The van der Waals surface area contributed by atoms with Crippen molar-refractivity contribution in [3.8, 4) is 39.4 Å². The summed E-state index contributed by atoms with van der Waals surface area (Å²) in [5.41, 5.74) is 5.81. The van der Waals surface area contributed by atoms with E-state index in [4.69, 9.17) is 4.98 Å². The Labute approximate surface area is 156 Å². The van der Waals surface area contributed by atoms with Crippen LogP contribution in [-0.4, -0.2) is 15.9 Å². The second-order valence-electron chi connectivity index (χ2n) is 6.54. The highest BCUT2D eigenvalue weighted by Gasteiger charge is 2.32. The molecule has 3 nitrogen and oxygen atoms in total. The quantitative estimate of drug-likeness (QED) is 0.468. The Balaban J connectivity index is 1.87. The minimum absolute atomic E-state index is 0.0500. The van der Waals surface area contributed by atoms with Gasteiger partial charge in [0.1, 0.15) is 5.75 Å². The smallest absolute Gasteiger partial charge is 0.196 e. The molecule has 1 heterocycles. The molecule has 0 bridgehead atoms. The second kappa shape index (κ2) is 5.92. The summed E-state index contributed by atoms with van der Waals surface area (Å²) in [7, 11) is 0. The predicted molar refractivity (Wildman–Crippen MR) is 106 cm³/mol.